The van der Waals surface area contributed by atoms with Gasteiger partial charge in [-0.2, -0.15) is 0 Å². The molecule has 0 aliphatic heterocycles. The van der Waals surface area contributed by atoms with Crippen LogP contribution in [0, 0.1) is 0 Å². The Labute approximate surface area is 151 Å². The van der Waals surface area contributed by atoms with Crippen LogP contribution in [0.2, 0.25) is 0 Å². The highest BCUT2D eigenvalue weighted by Crippen LogP contribution is 2.36. The van der Waals surface area contributed by atoms with Crippen LogP contribution in [0.1, 0.15) is 17.3 Å². The van der Waals surface area contributed by atoms with Crippen molar-refractivity contribution in [3.05, 3.63) is 36.0 Å². The molecule has 0 saturated heterocycles. The van der Waals surface area contributed by atoms with E-state index >= 15 is 0 Å². The fraction of sp³-hybridized carbons (Fsp3) is 0.118. The number of carbonyl (C=O) groups is 1. The fourth-order valence-corrected chi connectivity index (χ4v) is 3.01. The van der Waals surface area contributed by atoms with Gasteiger partial charge in [-0.05, 0) is 29.4 Å². The molecule has 4 aromatic rings. The van der Waals surface area contributed by atoms with Crippen LogP contribution in [0.3, 0.4) is 0 Å². The lowest BCUT2D eigenvalue weighted by Gasteiger charge is -2.08. The third-order valence-corrected chi connectivity index (χ3v) is 4.20. The number of hydrogen-bond donors (Lipinski definition) is 3. The number of nitrogen functional groups attached to an aromatic ring is 1. The average molecular weight is 366 g/mol. The molecule has 4 N–H and O–H groups in total. The van der Waals surface area contributed by atoms with Crippen molar-refractivity contribution in [1.29, 1.82) is 0 Å². The standard InChI is InChI=1S/C17H14N6O4/c1-2-23-14-9(17(25)26)7-19-11(8-5-3-4-6-10(8)24)12(14)20-16(23)13-15(18)22-27-21-13/h3-7,24H,2H2,1H3,(H2,18,22)(H,25,26). The first-order chi connectivity index (χ1) is 13.0. The number of carboxylic acid groups (broad SMARTS) is 1. The maximum Gasteiger partial charge on any atom is 0.339 e. The number of aromatic hydroxyl groups is 1. The van der Waals surface area contributed by atoms with Crippen molar-refractivity contribution in [3.63, 3.8) is 0 Å². The van der Waals surface area contributed by atoms with Gasteiger partial charge in [0, 0.05) is 18.3 Å². The van der Waals surface area contributed by atoms with Gasteiger partial charge in [-0.1, -0.05) is 12.1 Å². The second kappa shape index (κ2) is 6.09. The van der Waals surface area contributed by atoms with Gasteiger partial charge in [0.1, 0.15) is 22.5 Å². The summed E-state index contributed by atoms with van der Waals surface area (Å²) in [5.41, 5.74) is 7.39. The summed E-state index contributed by atoms with van der Waals surface area (Å²) in [7, 11) is 0. The fourth-order valence-electron chi connectivity index (χ4n) is 3.01. The molecule has 4 rings (SSSR count). The van der Waals surface area contributed by atoms with E-state index in [9.17, 15) is 15.0 Å². The van der Waals surface area contributed by atoms with Crippen molar-refractivity contribution in [2.75, 3.05) is 5.73 Å². The molecule has 0 bridgehead atoms. The van der Waals surface area contributed by atoms with E-state index in [1.165, 1.54) is 12.3 Å². The lowest BCUT2D eigenvalue weighted by atomic mass is 10.1. The van der Waals surface area contributed by atoms with Gasteiger partial charge in [0.2, 0.25) is 0 Å². The van der Waals surface area contributed by atoms with Crippen molar-refractivity contribution < 1.29 is 19.6 Å². The summed E-state index contributed by atoms with van der Waals surface area (Å²) in [6.45, 7) is 2.22. The molecule has 0 saturated carbocycles. The summed E-state index contributed by atoms with van der Waals surface area (Å²) in [4.78, 5) is 20.5. The Kier molecular flexibility index (Phi) is 3.73. The Morgan fingerprint density at radius 1 is 1.26 bits per heavy atom. The van der Waals surface area contributed by atoms with Gasteiger partial charge in [-0.15, -0.1) is 0 Å². The number of nitrogens with zero attached hydrogens (tertiary/aromatic N) is 5. The minimum Gasteiger partial charge on any atom is -0.507 e. The Balaban J connectivity index is 2.13. The van der Waals surface area contributed by atoms with Crippen LogP contribution in [-0.4, -0.2) is 41.0 Å². The van der Waals surface area contributed by atoms with Gasteiger partial charge in [0.15, 0.2) is 17.3 Å². The Hall–Kier alpha value is -3.95. The highest BCUT2D eigenvalue weighted by Gasteiger charge is 2.25. The summed E-state index contributed by atoms with van der Waals surface area (Å²) in [6, 6.07) is 6.61. The van der Waals surface area contributed by atoms with Crippen LogP contribution in [-0.2, 0) is 6.54 Å². The zero-order valence-corrected chi connectivity index (χ0v) is 14.1. The van der Waals surface area contributed by atoms with E-state index in [1.807, 2.05) is 6.92 Å². The molecule has 0 aliphatic carbocycles. The summed E-state index contributed by atoms with van der Waals surface area (Å²) < 4.78 is 6.31. The quantitative estimate of drug-likeness (QED) is 0.493. The number of pyridine rings is 1. The molecule has 10 heteroatoms. The van der Waals surface area contributed by atoms with Gasteiger partial charge in [0.25, 0.3) is 0 Å². The topological polar surface area (TPSA) is 153 Å². The van der Waals surface area contributed by atoms with E-state index < -0.39 is 5.97 Å². The first kappa shape index (κ1) is 16.5. The number of imidazole rings is 1. The minimum absolute atomic E-state index is 0.00425. The number of para-hydroxylation sites is 1. The van der Waals surface area contributed by atoms with Crippen molar-refractivity contribution in [2.45, 2.75) is 13.5 Å². The second-order valence-corrected chi connectivity index (χ2v) is 5.72. The molecular weight excluding hydrogens is 352 g/mol. The third kappa shape index (κ3) is 2.46. The van der Waals surface area contributed by atoms with Crippen LogP contribution in [0.25, 0.3) is 33.8 Å². The van der Waals surface area contributed by atoms with Gasteiger partial charge in [0.05, 0.1) is 5.52 Å². The van der Waals surface area contributed by atoms with Crippen molar-refractivity contribution in [3.8, 4) is 28.5 Å². The predicted octanol–water partition coefficient (Wildman–Crippen LogP) is 2.15. The van der Waals surface area contributed by atoms with E-state index in [-0.39, 0.29) is 22.8 Å². The number of aromatic nitrogens is 5. The molecule has 0 fully saturated rings. The van der Waals surface area contributed by atoms with Crippen LogP contribution in [0.4, 0.5) is 5.82 Å². The molecule has 3 heterocycles. The number of benzene rings is 1. The summed E-state index contributed by atoms with van der Waals surface area (Å²) >= 11 is 0. The van der Waals surface area contributed by atoms with Gasteiger partial charge in [-0.25, -0.2) is 14.4 Å². The third-order valence-electron chi connectivity index (χ3n) is 4.20. The van der Waals surface area contributed by atoms with Crippen molar-refractivity contribution in [2.24, 2.45) is 0 Å². The van der Waals surface area contributed by atoms with E-state index in [0.717, 1.165) is 0 Å². The molecule has 0 amide bonds. The maximum atomic E-state index is 11.8. The predicted molar refractivity (Wildman–Crippen MR) is 95.0 cm³/mol. The van der Waals surface area contributed by atoms with Crippen LogP contribution >= 0.6 is 0 Å². The summed E-state index contributed by atoms with van der Waals surface area (Å²) in [5.74, 6) is -0.805. The molecule has 3 aromatic heterocycles. The molecule has 0 spiro atoms. The number of nitrogens with two attached hydrogens (primary N) is 1. The Bertz CT molecular complexity index is 1180. The molecule has 0 radical (unpaired) electrons. The first-order valence-electron chi connectivity index (χ1n) is 8.02. The molecule has 0 atom stereocenters. The molecule has 10 nitrogen and oxygen atoms in total. The van der Waals surface area contributed by atoms with Gasteiger partial charge >= 0.3 is 5.97 Å². The molecule has 1 aromatic carbocycles. The molecule has 27 heavy (non-hydrogen) atoms. The number of aromatic carboxylic acids is 1. The van der Waals surface area contributed by atoms with E-state index in [4.69, 9.17) is 5.73 Å². The lowest BCUT2D eigenvalue weighted by Crippen LogP contribution is -2.05. The number of hydrogen-bond acceptors (Lipinski definition) is 8. The average Bonchev–Trinajstić information content (AvgIpc) is 3.24. The minimum atomic E-state index is -1.15. The number of fused-ring (bicyclic) bond motifs is 1. The second-order valence-electron chi connectivity index (χ2n) is 5.72. The summed E-state index contributed by atoms with van der Waals surface area (Å²) in [6.07, 6.45) is 1.24. The SMILES string of the molecule is CCn1c(-c2nonc2N)nc2c(-c3ccccc3O)ncc(C(=O)O)c21. The van der Waals surface area contributed by atoms with Crippen molar-refractivity contribution in [1.82, 2.24) is 24.8 Å². The van der Waals surface area contributed by atoms with Gasteiger partial charge < -0.3 is 20.5 Å². The first-order valence-corrected chi connectivity index (χ1v) is 8.02. The number of phenols is 1. The molecule has 0 aliphatic rings. The van der Waals surface area contributed by atoms with Crippen LogP contribution in [0.15, 0.2) is 35.1 Å². The number of anilines is 1. The number of phenolic OH excluding ortho intramolecular Hbond substituents is 1. The monoisotopic (exact) mass is 366 g/mol. The molecular formula is C17H14N6O4. The van der Waals surface area contributed by atoms with Gasteiger partial charge in [-0.3, -0.25) is 4.98 Å². The zero-order chi connectivity index (χ0) is 19.1. The highest BCUT2D eigenvalue weighted by molar-refractivity contribution is 6.06. The largest absolute Gasteiger partial charge is 0.507 e. The summed E-state index contributed by atoms with van der Waals surface area (Å²) in [5, 5.41) is 27.2. The van der Waals surface area contributed by atoms with E-state index in [0.29, 0.717) is 34.7 Å². The van der Waals surface area contributed by atoms with Crippen LogP contribution < -0.4 is 5.73 Å². The molecule has 0 unspecified atom stereocenters. The Morgan fingerprint density at radius 3 is 2.67 bits per heavy atom. The van der Waals surface area contributed by atoms with Crippen molar-refractivity contribution >= 4 is 22.8 Å². The Morgan fingerprint density at radius 2 is 2.04 bits per heavy atom. The highest BCUT2D eigenvalue weighted by atomic mass is 16.6. The number of rotatable bonds is 4. The zero-order valence-electron chi connectivity index (χ0n) is 14.1. The maximum absolute atomic E-state index is 11.8. The van der Waals surface area contributed by atoms with Crippen LogP contribution in [0.5, 0.6) is 5.75 Å². The smallest absolute Gasteiger partial charge is 0.339 e. The lowest BCUT2D eigenvalue weighted by molar-refractivity contribution is 0.0698. The normalized spacial score (nSPS) is 11.1. The number of aryl methyl sites for hydroxylation is 1. The number of carboxylic acids is 1. The molecule has 136 valence electrons. The van der Waals surface area contributed by atoms with E-state index in [2.05, 4.69) is 24.9 Å². The van der Waals surface area contributed by atoms with E-state index in [1.54, 1.807) is 22.8 Å².